The molecule has 0 spiro atoms. The molecular formula is C17H13BrN2. The van der Waals surface area contributed by atoms with Crippen molar-refractivity contribution in [3.63, 3.8) is 0 Å². The summed E-state index contributed by atoms with van der Waals surface area (Å²) in [7, 11) is 0. The summed E-state index contributed by atoms with van der Waals surface area (Å²) in [6, 6.07) is 22.2. The summed E-state index contributed by atoms with van der Waals surface area (Å²) in [5.41, 5.74) is 4.16. The third-order valence-electron chi connectivity index (χ3n) is 2.99. The van der Waals surface area contributed by atoms with Crippen LogP contribution in [-0.2, 0) is 0 Å². The van der Waals surface area contributed by atoms with E-state index in [1.807, 2.05) is 60.8 Å². The van der Waals surface area contributed by atoms with Gasteiger partial charge in [-0.05, 0) is 42.5 Å². The lowest BCUT2D eigenvalue weighted by molar-refractivity contribution is 1.32. The van der Waals surface area contributed by atoms with E-state index in [1.54, 1.807) is 0 Å². The number of anilines is 2. The molecular weight excluding hydrogens is 312 g/mol. The molecule has 0 saturated carbocycles. The summed E-state index contributed by atoms with van der Waals surface area (Å²) >= 11 is 3.44. The summed E-state index contributed by atoms with van der Waals surface area (Å²) in [6.07, 6.45) is 1.81. The lowest BCUT2D eigenvalue weighted by atomic mass is 10.1. The highest BCUT2D eigenvalue weighted by atomic mass is 79.9. The Kier molecular flexibility index (Phi) is 3.79. The highest BCUT2D eigenvalue weighted by Crippen LogP contribution is 2.29. The first kappa shape index (κ1) is 12.9. The predicted octanol–water partition coefficient (Wildman–Crippen LogP) is 5.25. The summed E-state index contributed by atoms with van der Waals surface area (Å²) in [5.74, 6) is 0. The van der Waals surface area contributed by atoms with Crippen LogP contribution in [0.15, 0.2) is 77.4 Å². The highest BCUT2D eigenvalue weighted by molar-refractivity contribution is 9.10. The number of rotatable bonds is 3. The van der Waals surface area contributed by atoms with E-state index in [1.165, 1.54) is 0 Å². The van der Waals surface area contributed by atoms with Gasteiger partial charge in [0.2, 0.25) is 0 Å². The molecule has 0 saturated heterocycles. The molecule has 3 aromatic rings. The number of hydrogen-bond donors (Lipinski definition) is 1. The van der Waals surface area contributed by atoms with Crippen LogP contribution >= 0.6 is 15.9 Å². The summed E-state index contributed by atoms with van der Waals surface area (Å²) < 4.78 is 1.07. The average molecular weight is 325 g/mol. The van der Waals surface area contributed by atoms with Crippen molar-refractivity contribution in [3.05, 3.63) is 77.4 Å². The van der Waals surface area contributed by atoms with Crippen molar-refractivity contribution in [2.75, 3.05) is 5.32 Å². The van der Waals surface area contributed by atoms with E-state index in [9.17, 15) is 0 Å². The summed E-state index contributed by atoms with van der Waals surface area (Å²) in [6.45, 7) is 0. The molecule has 0 amide bonds. The lowest BCUT2D eigenvalue weighted by Gasteiger charge is -2.11. The van der Waals surface area contributed by atoms with Gasteiger partial charge in [-0.25, -0.2) is 0 Å². The molecule has 0 aliphatic rings. The van der Waals surface area contributed by atoms with Crippen LogP contribution in [-0.4, -0.2) is 4.98 Å². The van der Waals surface area contributed by atoms with Crippen molar-refractivity contribution in [2.45, 2.75) is 0 Å². The van der Waals surface area contributed by atoms with Crippen molar-refractivity contribution in [3.8, 4) is 11.3 Å². The first-order valence-electron chi connectivity index (χ1n) is 6.36. The second kappa shape index (κ2) is 5.88. The van der Waals surface area contributed by atoms with Crippen molar-refractivity contribution >= 4 is 27.3 Å². The van der Waals surface area contributed by atoms with Crippen LogP contribution in [0.5, 0.6) is 0 Å². The lowest BCUT2D eigenvalue weighted by Crippen LogP contribution is -1.93. The SMILES string of the molecule is Brc1ccc(Nc2ccccc2-c2ccccn2)cc1. The minimum atomic E-state index is 0.965. The largest absolute Gasteiger partial charge is 0.355 e. The predicted molar refractivity (Wildman–Crippen MR) is 87.1 cm³/mol. The Balaban J connectivity index is 1.96. The number of nitrogens with zero attached hydrogens (tertiary/aromatic N) is 1. The molecule has 0 bridgehead atoms. The average Bonchev–Trinajstić information content (AvgIpc) is 2.51. The second-order valence-corrected chi connectivity index (χ2v) is 5.31. The van der Waals surface area contributed by atoms with Crippen LogP contribution in [0.4, 0.5) is 11.4 Å². The highest BCUT2D eigenvalue weighted by Gasteiger charge is 2.05. The van der Waals surface area contributed by atoms with Crippen LogP contribution in [0.2, 0.25) is 0 Å². The number of pyridine rings is 1. The van der Waals surface area contributed by atoms with Gasteiger partial charge in [-0.1, -0.05) is 40.2 Å². The number of aromatic nitrogens is 1. The van der Waals surface area contributed by atoms with Crippen LogP contribution < -0.4 is 5.32 Å². The third kappa shape index (κ3) is 2.89. The zero-order chi connectivity index (χ0) is 13.8. The van der Waals surface area contributed by atoms with Gasteiger partial charge < -0.3 is 5.32 Å². The normalized spacial score (nSPS) is 10.2. The first-order chi connectivity index (χ1) is 9.83. The second-order valence-electron chi connectivity index (χ2n) is 4.39. The van der Waals surface area contributed by atoms with E-state index >= 15 is 0 Å². The first-order valence-corrected chi connectivity index (χ1v) is 7.15. The number of para-hydroxylation sites is 1. The molecule has 1 heterocycles. The summed E-state index contributed by atoms with van der Waals surface area (Å²) in [5, 5.41) is 3.44. The van der Waals surface area contributed by atoms with E-state index < -0.39 is 0 Å². The molecule has 1 aromatic heterocycles. The standard InChI is InChI=1S/C17H13BrN2/c18-13-8-10-14(11-9-13)20-17-7-2-1-5-15(17)16-6-3-4-12-19-16/h1-12,20H. The maximum Gasteiger partial charge on any atom is 0.0722 e. The molecule has 1 N–H and O–H groups in total. The van der Waals surface area contributed by atoms with E-state index in [-0.39, 0.29) is 0 Å². The van der Waals surface area contributed by atoms with Gasteiger partial charge in [-0.2, -0.15) is 0 Å². The molecule has 0 unspecified atom stereocenters. The van der Waals surface area contributed by atoms with E-state index in [0.717, 1.165) is 27.1 Å². The fraction of sp³-hybridized carbons (Fsp3) is 0. The number of nitrogens with one attached hydrogen (secondary N) is 1. The molecule has 3 heteroatoms. The Hall–Kier alpha value is -2.13. The molecule has 0 atom stereocenters. The number of hydrogen-bond acceptors (Lipinski definition) is 2. The van der Waals surface area contributed by atoms with Crippen LogP contribution in [0, 0.1) is 0 Å². The topological polar surface area (TPSA) is 24.9 Å². The van der Waals surface area contributed by atoms with Crippen LogP contribution in [0.25, 0.3) is 11.3 Å². The van der Waals surface area contributed by atoms with E-state index in [2.05, 4.69) is 38.4 Å². The van der Waals surface area contributed by atoms with Crippen molar-refractivity contribution < 1.29 is 0 Å². The van der Waals surface area contributed by atoms with Crippen molar-refractivity contribution in [1.82, 2.24) is 4.98 Å². The molecule has 2 aromatic carbocycles. The number of benzene rings is 2. The van der Waals surface area contributed by atoms with Gasteiger partial charge >= 0.3 is 0 Å². The van der Waals surface area contributed by atoms with Crippen molar-refractivity contribution in [1.29, 1.82) is 0 Å². The zero-order valence-electron chi connectivity index (χ0n) is 10.8. The van der Waals surface area contributed by atoms with Gasteiger partial charge in [-0.15, -0.1) is 0 Å². The van der Waals surface area contributed by atoms with Gasteiger partial charge in [-0.3, -0.25) is 4.98 Å². The van der Waals surface area contributed by atoms with Gasteiger partial charge in [0.25, 0.3) is 0 Å². The van der Waals surface area contributed by atoms with Gasteiger partial charge in [0, 0.05) is 27.6 Å². The monoisotopic (exact) mass is 324 g/mol. The molecule has 0 aliphatic heterocycles. The Morgan fingerprint density at radius 3 is 2.30 bits per heavy atom. The fourth-order valence-electron chi connectivity index (χ4n) is 2.03. The van der Waals surface area contributed by atoms with Gasteiger partial charge in [0.05, 0.1) is 5.69 Å². The van der Waals surface area contributed by atoms with Gasteiger partial charge in [0.1, 0.15) is 0 Å². The maximum absolute atomic E-state index is 4.42. The Bertz CT molecular complexity index is 694. The van der Waals surface area contributed by atoms with Gasteiger partial charge in [0.15, 0.2) is 0 Å². The smallest absolute Gasteiger partial charge is 0.0722 e. The molecule has 0 fully saturated rings. The third-order valence-corrected chi connectivity index (χ3v) is 3.52. The molecule has 0 radical (unpaired) electrons. The Morgan fingerprint density at radius 1 is 0.800 bits per heavy atom. The Morgan fingerprint density at radius 2 is 1.55 bits per heavy atom. The minimum Gasteiger partial charge on any atom is -0.355 e. The van der Waals surface area contributed by atoms with Crippen LogP contribution in [0.1, 0.15) is 0 Å². The minimum absolute atomic E-state index is 0.965. The Labute approximate surface area is 126 Å². The van der Waals surface area contributed by atoms with Crippen LogP contribution in [0.3, 0.4) is 0 Å². The zero-order valence-corrected chi connectivity index (χ0v) is 12.3. The molecule has 20 heavy (non-hydrogen) atoms. The molecule has 0 aliphatic carbocycles. The van der Waals surface area contributed by atoms with E-state index in [4.69, 9.17) is 0 Å². The fourth-order valence-corrected chi connectivity index (χ4v) is 2.29. The molecule has 2 nitrogen and oxygen atoms in total. The number of halogens is 1. The van der Waals surface area contributed by atoms with E-state index in [0.29, 0.717) is 0 Å². The molecule has 3 rings (SSSR count). The molecule has 98 valence electrons. The van der Waals surface area contributed by atoms with Crippen molar-refractivity contribution in [2.24, 2.45) is 0 Å². The summed E-state index contributed by atoms with van der Waals surface area (Å²) in [4.78, 5) is 4.42. The maximum atomic E-state index is 4.42. The quantitative estimate of drug-likeness (QED) is 0.711.